The fourth-order valence-electron chi connectivity index (χ4n) is 1.17. The minimum absolute atomic E-state index is 0.325. The summed E-state index contributed by atoms with van der Waals surface area (Å²) in [4.78, 5) is 0.450. The molecule has 1 aromatic carbocycles. The highest BCUT2D eigenvalue weighted by molar-refractivity contribution is 7.80. The van der Waals surface area contributed by atoms with Crippen LogP contribution in [-0.2, 0) is 0 Å². The van der Waals surface area contributed by atoms with Gasteiger partial charge >= 0.3 is 0 Å². The molecule has 1 aromatic rings. The molecule has 0 saturated heterocycles. The third-order valence-electron chi connectivity index (χ3n) is 2.40. The van der Waals surface area contributed by atoms with E-state index in [0.717, 1.165) is 11.5 Å². The number of para-hydroxylation sites is 2. The summed E-state index contributed by atoms with van der Waals surface area (Å²) in [6.45, 7) is 6.90. The standard InChI is InChI=1S/C13H19NO2S/c1-4-15-10-7-5-6-8-11(10)16-9-13(2,3)12(14)17/h5-8H,4,9H2,1-3H3,(H2,14,17). The van der Waals surface area contributed by atoms with Gasteiger partial charge in [-0.05, 0) is 19.1 Å². The van der Waals surface area contributed by atoms with E-state index in [-0.39, 0.29) is 5.41 Å². The van der Waals surface area contributed by atoms with Crippen LogP contribution in [0.2, 0.25) is 0 Å². The minimum Gasteiger partial charge on any atom is -0.490 e. The van der Waals surface area contributed by atoms with Crippen LogP contribution in [0.3, 0.4) is 0 Å². The summed E-state index contributed by atoms with van der Waals surface area (Å²) in [6, 6.07) is 7.58. The zero-order valence-electron chi connectivity index (χ0n) is 10.5. The molecule has 17 heavy (non-hydrogen) atoms. The highest BCUT2D eigenvalue weighted by Gasteiger charge is 2.23. The zero-order valence-corrected chi connectivity index (χ0v) is 11.3. The van der Waals surface area contributed by atoms with Crippen LogP contribution in [0.15, 0.2) is 24.3 Å². The summed E-state index contributed by atoms with van der Waals surface area (Å²) in [6.07, 6.45) is 0. The molecule has 0 aromatic heterocycles. The SMILES string of the molecule is CCOc1ccccc1OCC(C)(C)C(N)=S. The van der Waals surface area contributed by atoms with Gasteiger partial charge in [-0.3, -0.25) is 0 Å². The Hall–Kier alpha value is -1.29. The van der Waals surface area contributed by atoms with Gasteiger partial charge in [0.05, 0.1) is 18.2 Å². The van der Waals surface area contributed by atoms with Crippen molar-refractivity contribution in [1.82, 2.24) is 0 Å². The second-order valence-corrected chi connectivity index (χ2v) is 4.86. The van der Waals surface area contributed by atoms with Crippen molar-refractivity contribution >= 4 is 17.2 Å². The molecule has 0 amide bonds. The maximum Gasteiger partial charge on any atom is 0.161 e. The Balaban J connectivity index is 2.72. The molecule has 3 nitrogen and oxygen atoms in total. The number of nitrogens with two attached hydrogens (primary N) is 1. The highest BCUT2D eigenvalue weighted by Crippen LogP contribution is 2.28. The summed E-state index contributed by atoms with van der Waals surface area (Å²) < 4.78 is 11.2. The average Bonchev–Trinajstić information content (AvgIpc) is 2.28. The van der Waals surface area contributed by atoms with Crippen LogP contribution in [0.5, 0.6) is 11.5 Å². The first-order valence-electron chi connectivity index (χ1n) is 5.62. The second kappa shape index (κ2) is 5.87. The molecule has 0 radical (unpaired) electrons. The Morgan fingerprint density at radius 3 is 2.24 bits per heavy atom. The number of rotatable bonds is 6. The molecule has 4 heteroatoms. The predicted molar refractivity (Wildman–Crippen MR) is 73.7 cm³/mol. The van der Waals surface area contributed by atoms with Gasteiger partial charge in [-0.15, -0.1) is 0 Å². The minimum atomic E-state index is -0.325. The van der Waals surface area contributed by atoms with Crippen LogP contribution in [0.1, 0.15) is 20.8 Å². The number of benzene rings is 1. The number of hydrogen-bond acceptors (Lipinski definition) is 3. The van der Waals surface area contributed by atoms with Gasteiger partial charge < -0.3 is 15.2 Å². The predicted octanol–water partition coefficient (Wildman–Crippen LogP) is 2.78. The summed E-state index contributed by atoms with van der Waals surface area (Å²) in [5, 5.41) is 0. The van der Waals surface area contributed by atoms with Crippen LogP contribution in [-0.4, -0.2) is 18.2 Å². The van der Waals surface area contributed by atoms with E-state index >= 15 is 0 Å². The maximum absolute atomic E-state index is 5.72. The smallest absolute Gasteiger partial charge is 0.161 e. The molecule has 94 valence electrons. The number of hydrogen-bond donors (Lipinski definition) is 1. The summed E-state index contributed by atoms with van der Waals surface area (Å²) in [5.41, 5.74) is 5.33. The van der Waals surface area contributed by atoms with E-state index in [1.54, 1.807) is 0 Å². The van der Waals surface area contributed by atoms with Crippen LogP contribution in [0.25, 0.3) is 0 Å². The molecule has 0 atom stereocenters. The van der Waals surface area contributed by atoms with Crippen molar-refractivity contribution in [2.75, 3.05) is 13.2 Å². The van der Waals surface area contributed by atoms with Gasteiger partial charge in [0.1, 0.15) is 0 Å². The lowest BCUT2D eigenvalue weighted by Crippen LogP contribution is -2.35. The van der Waals surface area contributed by atoms with Crippen molar-refractivity contribution in [3.63, 3.8) is 0 Å². The topological polar surface area (TPSA) is 44.5 Å². The maximum atomic E-state index is 5.72. The molecule has 0 fully saturated rings. The first kappa shape index (κ1) is 13.8. The zero-order chi connectivity index (χ0) is 12.9. The molecule has 0 aliphatic heterocycles. The average molecular weight is 253 g/mol. The molecule has 0 heterocycles. The lowest BCUT2D eigenvalue weighted by molar-refractivity contribution is 0.221. The van der Waals surface area contributed by atoms with E-state index in [4.69, 9.17) is 27.4 Å². The van der Waals surface area contributed by atoms with E-state index < -0.39 is 0 Å². The molecule has 1 rings (SSSR count). The van der Waals surface area contributed by atoms with E-state index in [0.29, 0.717) is 18.2 Å². The Bertz CT molecular complexity index is 391. The first-order valence-corrected chi connectivity index (χ1v) is 6.02. The molecule has 0 aliphatic carbocycles. The van der Waals surface area contributed by atoms with Crippen molar-refractivity contribution in [2.45, 2.75) is 20.8 Å². The third-order valence-corrected chi connectivity index (χ3v) is 2.96. The van der Waals surface area contributed by atoms with E-state index in [1.807, 2.05) is 45.0 Å². The van der Waals surface area contributed by atoms with Crippen LogP contribution >= 0.6 is 12.2 Å². The van der Waals surface area contributed by atoms with Gasteiger partial charge in [-0.25, -0.2) is 0 Å². The van der Waals surface area contributed by atoms with Crippen molar-refractivity contribution in [3.05, 3.63) is 24.3 Å². The molecule has 2 N–H and O–H groups in total. The third kappa shape index (κ3) is 3.89. The number of ether oxygens (including phenoxy) is 2. The van der Waals surface area contributed by atoms with Crippen LogP contribution in [0, 0.1) is 5.41 Å². The quantitative estimate of drug-likeness (QED) is 0.792. The van der Waals surface area contributed by atoms with Crippen LogP contribution in [0.4, 0.5) is 0 Å². The largest absolute Gasteiger partial charge is 0.490 e. The molecule has 0 bridgehead atoms. The Morgan fingerprint density at radius 1 is 1.24 bits per heavy atom. The fraction of sp³-hybridized carbons (Fsp3) is 0.462. The number of thiocarbonyl (C=S) groups is 1. The first-order chi connectivity index (χ1) is 7.97. The van der Waals surface area contributed by atoms with Gasteiger partial charge in [0.2, 0.25) is 0 Å². The lowest BCUT2D eigenvalue weighted by Gasteiger charge is -2.23. The molecule has 0 spiro atoms. The van der Waals surface area contributed by atoms with Crippen molar-refractivity contribution < 1.29 is 9.47 Å². The Morgan fingerprint density at radius 2 is 1.76 bits per heavy atom. The van der Waals surface area contributed by atoms with Gasteiger partial charge in [0, 0.05) is 5.41 Å². The molecular weight excluding hydrogens is 234 g/mol. The van der Waals surface area contributed by atoms with Gasteiger partial charge in [-0.1, -0.05) is 38.2 Å². The fourth-order valence-corrected chi connectivity index (χ4v) is 1.23. The van der Waals surface area contributed by atoms with Crippen LogP contribution < -0.4 is 15.2 Å². The van der Waals surface area contributed by atoms with Gasteiger partial charge in [-0.2, -0.15) is 0 Å². The van der Waals surface area contributed by atoms with E-state index in [1.165, 1.54) is 0 Å². The Labute approximate surface area is 108 Å². The summed E-state index contributed by atoms with van der Waals surface area (Å²) >= 11 is 5.00. The van der Waals surface area contributed by atoms with Crippen molar-refractivity contribution in [1.29, 1.82) is 0 Å². The molecule has 0 saturated carbocycles. The van der Waals surface area contributed by atoms with Crippen molar-refractivity contribution in [2.24, 2.45) is 11.1 Å². The lowest BCUT2D eigenvalue weighted by atomic mass is 9.95. The summed E-state index contributed by atoms with van der Waals surface area (Å²) in [7, 11) is 0. The van der Waals surface area contributed by atoms with Gasteiger partial charge in [0.25, 0.3) is 0 Å². The Kier molecular flexibility index (Phi) is 4.75. The van der Waals surface area contributed by atoms with E-state index in [2.05, 4.69) is 0 Å². The summed E-state index contributed by atoms with van der Waals surface area (Å²) in [5.74, 6) is 1.47. The monoisotopic (exact) mass is 253 g/mol. The normalized spacial score (nSPS) is 11.0. The molecule has 0 unspecified atom stereocenters. The second-order valence-electron chi connectivity index (χ2n) is 4.42. The van der Waals surface area contributed by atoms with E-state index in [9.17, 15) is 0 Å². The highest BCUT2D eigenvalue weighted by atomic mass is 32.1. The molecule has 0 aliphatic rings. The molecular formula is C13H19NO2S. The van der Waals surface area contributed by atoms with Gasteiger partial charge in [0.15, 0.2) is 11.5 Å². The van der Waals surface area contributed by atoms with Crippen molar-refractivity contribution in [3.8, 4) is 11.5 Å².